The second-order valence-electron chi connectivity index (χ2n) is 6.31. The SMILES string of the molecule is Cn1c(COc2ccccc2Cl)nnc1SCC(=O)c1ccc2c(c1)CCO2. The second kappa shape index (κ2) is 8.24. The fourth-order valence-electron chi connectivity index (χ4n) is 2.87. The van der Waals surface area contributed by atoms with Crippen LogP contribution in [0.1, 0.15) is 21.7 Å². The molecule has 1 aliphatic rings. The number of hydrogen-bond acceptors (Lipinski definition) is 6. The number of rotatable bonds is 7. The number of ether oxygens (including phenoxy) is 2. The summed E-state index contributed by atoms with van der Waals surface area (Å²) in [7, 11) is 1.85. The van der Waals surface area contributed by atoms with Gasteiger partial charge in [-0.05, 0) is 35.9 Å². The molecule has 0 fully saturated rings. The van der Waals surface area contributed by atoms with Crippen LogP contribution in [0, 0.1) is 0 Å². The Kier molecular flexibility index (Phi) is 5.54. The molecule has 0 spiro atoms. The van der Waals surface area contributed by atoms with Crippen LogP contribution in [0.2, 0.25) is 5.02 Å². The predicted octanol–water partition coefficient (Wildman–Crippen LogP) is 3.96. The number of thioether (sulfide) groups is 1. The molecule has 0 amide bonds. The highest BCUT2D eigenvalue weighted by Gasteiger charge is 2.17. The summed E-state index contributed by atoms with van der Waals surface area (Å²) >= 11 is 7.45. The maximum atomic E-state index is 12.5. The summed E-state index contributed by atoms with van der Waals surface area (Å²) in [5.41, 5.74) is 1.79. The third-order valence-electron chi connectivity index (χ3n) is 4.46. The number of para-hydroxylation sites is 1. The minimum atomic E-state index is 0.0524. The van der Waals surface area contributed by atoms with Crippen molar-refractivity contribution in [1.82, 2.24) is 14.8 Å². The summed E-state index contributed by atoms with van der Waals surface area (Å²) in [6, 6.07) is 12.9. The van der Waals surface area contributed by atoms with Gasteiger partial charge in [-0.25, -0.2) is 0 Å². The van der Waals surface area contributed by atoms with Gasteiger partial charge in [-0.3, -0.25) is 4.79 Å². The zero-order valence-corrected chi connectivity index (χ0v) is 16.8. The topological polar surface area (TPSA) is 66.2 Å². The largest absolute Gasteiger partial charge is 0.493 e. The van der Waals surface area contributed by atoms with Gasteiger partial charge in [0.15, 0.2) is 16.8 Å². The first-order valence-corrected chi connectivity index (χ1v) is 10.2. The number of nitrogens with zero attached hydrogens (tertiary/aromatic N) is 3. The number of hydrogen-bond donors (Lipinski definition) is 0. The molecule has 4 rings (SSSR count). The van der Waals surface area contributed by atoms with Crippen molar-refractivity contribution in [3.63, 3.8) is 0 Å². The highest BCUT2D eigenvalue weighted by Crippen LogP contribution is 2.27. The standard InChI is InChI=1S/C20H18ClN3O3S/c1-24-19(11-27-18-5-3-2-4-15(18)21)22-23-20(24)28-12-16(25)13-6-7-17-14(10-13)8-9-26-17/h2-7,10H,8-9,11-12H2,1H3. The summed E-state index contributed by atoms with van der Waals surface area (Å²) in [5.74, 6) is 2.47. The van der Waals surface area contributed by atoms with E-state index in [2.05, 4.69) is 10.2 Å². The average molecular weight is 416 g/mol. The number of ketones is 1. The molecule has 0 N–H and O–H groups in total. The van der Waals surface area contributed by atoms with Gasteiger partial charge >= 0.3 is 0 Å². The number of halogens is 1. The Labute approximate surface area is 171 Å². The Morgan fingerprint density at radius 3 is 3.00 bits per heavy atom. The van der Waals surface area contributed by atoms with Gasteiger partial charge in [-0.15, -0.1) is 10.2 Å². The lowest BCUT2D eigenvalue weighted by Gasteiger charge is -2.08. The normalized spacial score (nSPS) is 12.5. The molecule has 28 heavy (non-hydrogen) atoms. The number of benzene rings is 2. The number of aromatic nitrogens is 3. The van der Waals surface area contributed by atoms with E-state index in [1.807, 2.05) is 41.9 Å². The van der Waals surface area contributed by atoms with Gasteiger partial charge in [0.05, 0.1) is 17.4 Å². The van der Waals surface area contributed by atoms with Crippen LogP contribution in [0.25, 0.3) is 0 Å². The van der Waals surface area contributed by atoms with Gasteiger partial charge in [0.1, 0.15) is 18.1 Å². The molecule has 0 saturated carbocycles. The first kappa shape index (κ1) is 18.8. The van der Waals surface area contributed by atoms with Crippen LogP contribution in [0.15, 0.2) is 47.6 Å². The first-order chi connectivity index (χ1) is 13.6. The fraction of sp³-hybridized carbons (Fsp3) is 0.250. The molecule has 8 heteroatoms. The number of fused-ring (bicyclic) bond motifs is 1. The van der Waals surface area contributed by atoms with Crippen molar-refractivity contribution in [2.24, 2.45) is 7.05 Å². The van der Waals surface area contributed by atoms with Crippen LogP contribution in [-0.4, -0.2) is 32.9 Å². The van der Waals surface area contributed by atoms with E-state index in [1.54, 1.807) is 12.1 Å². The molecule has 2 heterocycles. The fourth-order valence-corrected chi connectivity index (χ4v) is 3.89. The van der Waals surface area contributed by atoms with Crippen molar-refractivity contribution in [2.45, 2.75) is 18.2 Å². The number of carbonyl (C=O) groups excluding carboxylic acids is 1. The van der Waals surface area contributed by atoms with E-state index >= 15 is 0 Å². The van der Waals surface area contributed by atoms with Gasteiger partial charge in [0, 0.05) is 19.0 Å². The van der Waals surface area contributed by atoms with Gasteiger partial charge in [-0.1, -0.05) is 35.5 Å². The number of carbonyl (C=O) groups is 1. The zero-order valence-electron chi connectivity index (χ0n) is 15.2. The molecule has 0 aliphatic carbocycles. The lowest BCUT2D eigenvalue weighted by molar-refractivity contribution is 0.102. The second-order valence-corrected chi connectivity index (χ2v) is 7.66. The van der Waals surface area contributed by atoms with Crippen molar-refractivity contribution >= 4 is 29.1 Å². The monoisotopic (exact) mass is 415 g/mol. The Hall–Kier alpha value is -2.51. The van der Waals surface area contributed by atoms with E-state index in [4.69, 9.17) is 21.1 Å². The van der Waals surface area contributed by atoms with Gasteiger partial charge in [0.2, 0.25) is 0 Å². The maximum absolute atomic E-state index is 12.5. The third kappa shape index (κ3) is 4.00. The van der Waals surface area contributed by atoms with Gasteiger partial charge < -0.3 is 14.0 Å². The zero-order chi connectivity index (χ0) is 19.5. The molecule has 0 atom stereocenters. The van der Waals surface area contributed by atoms with Crippen LogP contribution in [0.5, 0.6) is 11.5 Å². The molecule has 2 aromatic carbocycles. The molecule has 1 aliphatic heterocycles. The third-order valence-corrected chi connectivity index (χ3v) is 5.79. The van der Waals surface area contributed by atoms with Crippen LogP contribution in [-0.2, 0) is 20.1 Å². The average Bonchev–Trinajstić information content (AvgIpc) is 3.31. The Bertz CT molecular complexity index is 1020. The van der Waals surface area contributed by atoms with Gasteiger partial charge in [0.25, 0.3) is 0 Å². The highest BCUT2D eigenvalue weighted by atomic mass is 35.5. The molecule has 1 aromatic heterocycles. The van der Waals surface area contributed by atoms with Crippen molar-refractivity contribution in [2.75, 3.05) is 12.4 Å². The van der Waals surface area contributed by atoms with E-state index in [1.165, 1.54) is 11.8 Å². The van der Waals surface area contributed by atoms with Crippen molar-refractivity contribution in [3.05, 3.63) is 64.4 Å². The Balaban J connectivity index is 1.36. The minimum Gasteiger partial charge on any atom is -0.493 e. The predicted molar refractivity (Wildman–Crippen MR) is 107 cm³/mol. The molecule has 3 aromatic rings. The van der Waals surface area contributed by atoms with Crippen LogP contribution in [0.3, 0.4) is 0 Å². The smallest absolute Gasteiger partial charge is 0.191 e. The quantitative estimate of drug-likeness (QED) is 0.430. The van der Waals surface area contributed by atoms with Crippen molar-refractivity contribution < 1.29 is 14.3 Å². The van der Waals surface area contributed by atoms with Crippen molar-refractivity contribution in [3.8, 4) is 11.5 Å². The lowest BCUT2D eigenvalue weighted by Crippen LogP contribution is -2.06. The molecule has 0 bridgehead atoms. The molecule has 6 nitrogen and oxygen atoms in total. The summed E-state index contributed by atoms with van der Waals surface area (Å²) in [4.78, 5) is 12.5. The highest BCUT2D eigenvalue weighted by molar-refractivity contribution is 7.99. The Morgan fingerprint density at radius 2 is 2.14 bits per heavy atom. The van der Waals surface area contributed by atoms with E-state index in [9.17, 15) is 4.79 Å². The van der Waals surface area contributed by atoms with Gasteiger partial charge in [-0.2, -0.15) is 0 Å². The summed E-state index contributed by atoms with van der Waals surface area (Å²) in [5, 5.41) is 9.53. The molecule has 0 radical (unpaired) electrons. The van der Waals surface area contributed by atoms with Crippen molar-refractivity contribution in [1.29, 1.82) is 0 Å². The van der Waals surface area contributed by atoms with E-state index in [0.29, 0.717) is 33.9 Å². The molecule has 0 unspecified atom stereocenters. The van der Waals surface area contributed by atoms with E-state index in [-0.39, 0.29) is 18.1 Å². The van der Waals surface area contributed by atoms with E-state index in [0.717, 1.165) is 17.7 Å². The van der Waals surface area contributed by atoms with Crippen LogP contribution >= 0.6 is 23.4 Å². The molecule has 0 saturated heterocycles. The Morgan fingerprint density at radius 1 is 1.29 bits per heavy atom. The number of Topliss-reactive ketones (excluding diaryl/α,β-unsaturated/α-hetero) is 1. The lowest BCUT2D eigenvalue weighted by atomic mass is 10.1. The molecular weight excluding hydrogens is 398 g/mol. The first-order valence-electron chi connectivity index (χ1n) is 8.79. The van der Waals surface area contributed by atoms with E-state index < -0.39 is 0 Å². The van der Waals surface area contributed by atoms with Crippen LogP contribution < -0.4 is 9.47 Å². The summed E-state index contributed by atoms with van der Waals surface area (Å²) in [6.07, 6.45) is 0.849. The minimum absolute atomic E-state index is 0.0524. The molecule has 144 valence electrons. The summed E-state index contributed by atoms with van der Waals surface area (Å²) < 4.78 is 13.0. The van der Waals surface area contributed by atoms with Crippen LogP contribution in [0.4, 0.5) is 0 Å². The maximum Gasteiger partial charge on any atom is 0.191 e. The summed E-state index contributed by atoms with van der Waals surface area (Å²) in [6.45, 7) is 0.923. The molecular formula is C20H18ClN3O3S.